The SMILES string of the molecule is Cn1ccnc1CN1CCC2(CC1)CN(c1ccc3c(c1)OCO3)C2=O. The number of carbonyl (C=O) groups is 1. The minimum absolute atomic E-state index is 0.186. The fourth-order valence-electron chi connectivity index (χ4n) is 4.16. The molecule has 2 fully saturated rings. The number of anilines is 1. The van der Waals surface area contributed by atoms with Crippen molar-refractivity contribution in [2.75, 3.05) is 31.3 Å². The Labute approximate surface area is 152 Å². The number of fused-ring (bicyclic) bond motifs is 1. The van der Waals surface area contributed by atoms with E-state index >= 15 is 0 Å². The predicted molar refractivity (Wildman–Crippen MR) is 95.1 cm³/mol. The van der Waals surface area contributed by atoms with Gasteiger partial charge in [0.2, 0.25) is 12.7 Å². The molecule has 0 bridgehead atoms. The van der Waals surface area contributed by atoms with Crippen molar-refractivity contribution in [2.24, 2.45) is 12.5 Å². The Hall–Kier alpha value is -2.54. The molecule has 7 heteroatoms. The highest BCUT2D eigenvalue weighted by Gasteiger charge is 2.53. The molecule has 1 spiro atoms. The van der Waals surface area contributed by atoms with Crippen molar-refractivity contribution in [3.63, 3.8) is 0 Å². The van der Waals surface area contributed by atoms with E-state index in [-0.39, 0.29) is 18.1 Å². The molecule has 1 aromatic carbocycles. The van der Waals surface area contributed by atoms with Crippen molar-refractivity contribution in [3.05, 3.63) is 36.4 Å². The molecule has 2 saturated heterocycles. The lowest BCUT2D eigenvalue weighted by Crippen LogP contribution is -2.65. The van der Waals surface area contributed by atoms with Crippen LogP contribution in [0.3, 0.4) is 0 Å². The van der Waals surface area contributed by atoms with E-state index in [0.717, 1.165) is 62.0 Å². The quantitative estimate of drug-likeness (QED) is 0.787. The van der Waals surface area contributed by atoms with Gasteiger partial charge in [0.15, 0.2) is 11.5 Å². The van der Waals surface area contributed by atoms with E-state index < -0.39 is 0 Å². The fourth-order valence-corrected chi connectivity index (χ4v) is 4.16. The van der Waals surface area contributed by atoms with Crippen LogP contribution in [-0.2, 0) is 18.4 Å². The van der Waals surface area contributed by atoms with Crippen LogP contribution >= 0.6 is 0 Å². The molecule has 1 amide bonds. The average molecular weight is 354 g/mol. The van der Waals surface area contributed by atoms with Gasteiger partial charge in [-0.15, -0.1) is 0 Å². The number of likely N-dealkylation sites (tertiary alicyclic amines) is 1. The summed E-state index contributed by atoms with van der Waals surface area (Å²) < 4.78 is 12.8. The summed E-state index contributed by atoms with van der Waals surface area (Å²) in [5, 5.41) is 0. The van der Waals surface area contributed by atoms with Crippen LogP contribution in [-0.4, -0.2) is 46.8 Å². The number of ether oxygens (including phenoxy) is 2. The first-order chi connectivity index (χ1) is 12.6. The average Bonchev–Trinajstić information content (AvgIpc) is 3.29. The van der Waals surface area contributed by atoms with Crippen LogP contribution in [0.2, 0.25) is 0 Å². The number of benzene rings is 1. The molecule has 0 unspecified atom stereocenters. The van der Waals surface area contributed by atoms with E-state index in [1.807, 2.05) is 42.5 Å². The lowest BCUT2D eigenvalue weighted by atomic mass is 9.71. The molecule has 4 heterocycles. The van der Waals surface area contributed by atoms with Gasteiger partial charge in [0.1, 0.15) is 5.82 Å². The molecule has 0 radical (unpaired) electrons. The maximum absolute atomic E-state index is 12.9. The Kier molecular flexibility index (Phi) is 3.46. The highest BCUT2D eigenvalue weighted by Crippen LogP contribution is 2.46. The number of β-lactam (4-membered cyclic amide) rings is 1. The van der Waals surface area contributed by atoms with Gasteiger partial charge in [-0.2, -0.15) is 0 Å². The molecule has 26 heavy (non-hydrogen) atoms. The number of hydrogen-bond donors (Lipinski definition) is 0. The molecule has 1 aromatic heterocycles. The highest BCUT2D eigenvalue weighted by atomic mass is 16.7. The monoisotopic (exact) mass is 354 g/mol. The third-order valence-corrected chi connectivity index (χ3v) is 5.93. The van der Waals surface area contributed by atoms with Gasteiger partial charge >= 0.3 is 0 Å². The summed E-state index contributed by atoms with van der Waals surface area (Å²) in [6.07, 6.45) is 5.63. The minimum atomic E-state index is -0.186. The first-order valence-electron chi connectivity index (χ1n) is 9.05. The van der Waals surface area contributed by atoms with Crippen molar-refractivity contribution in [3.8, 4) is 11.5 Å². The highest BCUT2D eigenvalue weighted by molar-refractivity contribution is 6.04. The van der Waals surface area contributed by atoms with E-state index in [0.29, 0.717) is 0 Å². The Morgan fingerprint density at radius 1 is 1.19 bits per heavy atom. The number of amides is 1. The number of aryl methyl sites for hydroxylation is 1. The Bertz CT molecular complexity index is 854. The maximum atomic E-state index is 12.9. The van der Waals surface area contributed by atoms with Crippen molar-refractivity contribution >= 4 is 11.6 Å². The standard InChI is InChI=1S/C19H22N4O3/c1-21-9-6-20-17(21)11-22-7-4-19(5-8-22)12-23(18(19)24)14-2-3-15-16(10-14)26-13-25-15/h2-3,6,9-10H,4-5,7-8,11-13H2,1H3. The van der Waals surface area contributed by atoms with Crippen molar-refractivity contribution < 1.29 is 14.3 Å². The molecule has 7 nitrogen and oxygen atoms in total. The fraction of sp³-hybridized carbons (Fsp3) is 0.474. The number of piperidine rings is 1. The van der Waals surface area contributed by atoms with Crippen LogP contribution in [0, 0.1) is 5.41 Å². The zero-order chi connectivity index (χ0) is 17.7. The van der Waals surface area contributed by atoms with E-state index in [4.69, 9.17) is 9.47 Å². The molecule has 5 rings (SSSR count). The summed E-state index contributed by atoms with van der Waals surface area (Å²) in [7, 11) is 2.02. The summed E-state index contributed by atoms with van der Waals surface area (Å²) in [5.41, 5.74) is 0.717. The van der Waals surface area contributed by atoms with Crippen molar-refractivity contribution in [2.45, 2.75) is 19.4 Å². The van der Waals surface area contributed by atoms with Crippen LogP contribution < -0.4 is 14.4 Å². The first-order valence-corrected chi connectivity index (χ1v) is 9.05. The van der Waals surface area contributed by atoms with Gasteiger partial charge in [-0.25, -0.2) is 4.98 Å². The minimum Gasteiger partial charge on any atom is -0.454 e. The first kappa shape index (κ1) is 15.7. The van der Waals surface area contributed by atoms with Crippen LogP contribution in [0.4, 0.5) is 5.69 Å². The normalized spacial score (nSPS) is 21.3. The summed E-state index contributed by atoms with van der Waals surface area (Å²) in [6.45, 7) is 3.77. The molecular formula is C19H22N4O3. The van der Waals surface area contributed by atoms with Crippen LogP contribution in [0.5, 0.6) is 11.5 Å². The van der Waals surface area contributed by atoms with Gasteiger partial charge in [0, 0.05) is 37.7 Å². The number of aromatic nitrogens is 2. The number of nitrogens with zero attached hydrogens (tertiary/aromatic N) is 4. The number of carbonyl (C=O) groups excluding carboxylic acids is 1. The second-order valence-electron chi connectivity index (χ2n) is 7.44. The lowest BCUT2D eigenvalue weighted by molar-refractivity contribution is -0.138. The van der Waals surface area contributed by atoms with Gasteiger partial charge < -0.3 is 18.9 Å². The molecule has 0 aliphatic carbocycles. The van der Waals surface area contributed by atoms with Crippen molar-refractivity contribution in [1.29, 1.82) is 0 Å². The van der Waals surface area contributed by atoms with Gasteiger partial charge in [-0.1, -0.05) is 0 Å². The molecule has 2 aromatic rings. The van der Waals surface area contributed by atoms with Crippen LogP contribution in [0.1, 0.15) is 18.7 Å². The van der Waals surface area contributed by atoms with Crippen molar-refractivity contribution in [1.82, 2.24) is 14.5 Å². The zero-order valence-corrected chi connectivity index (χ0v) is 14.9. The van der Waals surface area contributed by atoms with E-state index in [1.165, 1.54) is 0 Å². The van der Waals surface area contributed by atoms with E-state index in [9.17, 15) is 4.79 Å². The summed E-state index contributed by atoms with van der Waals surface area (Å²) in [5.74, 6) is 2.79. The zero-order valence-electron chi connectivity index (χ0n) is 14.9. The lowest BCUT2D eigenvalue weighted by Gasteiger charge is -2.52. The summed E-state index contributed by atoms with van der Waals surface area (Å²) >= 11 is 0. The summed E-state index contributed by atoms with van der Waals surface area (Å²) in [4.78, 5) is 21.6. The maximum Gasteiger partial charge on any atom is 0.235 e. The topological polar surface area (TPSA) is 59.8 Å². The number of imidazole rings is 1. The van der Waals surface area contributed by atoms with Gasteiger partial charge in [-0.05, 0) is 38.1 Å². The molecule has 0 saturated carbocycles. The second-order valence-corrected chi connectivity index (χ2v) is 7.44. The van der Waals surface area contributed by atoms with E-state index in [1.54, 1.807) is 0 Å². The summed E-state index contributed by atoms with van der Waals surface area (Å²) in [6, 6.07) is 5.73. The molecule has 3 aliphatic rings. The van der Waals surface area contributed by atoms with Gasteiger partial charge in [0.05, 0.1) is 12.0 Å². The number of hydrogen-bond acceptors (Lipinski definition) is 5. The smallest absolute Gasteiger partial charge is 0.235 e. The van der Waals surface area contributed by atoms with Gasteiger partial charge in [-0.3, -0.25) is 9.69 Å². The largest absolute Gasteiger partial charge is 0.454 e. The molecule has 0 N–H and O–H groups in total. The Morgan fingerprint density at radius 2 is 2.00 bits per heavy atom. The third-order valence-electron chi connectivity index (χ3n) is 5.93. The number of rotatable bonds is 3. The predicted octanol–water partition coefficient (Wildman–Crippen LogP) is 1.78. The Balaban J connectivity index is 1.23. The molecule has 0 atom stereocenters. The molecular weight excluding hydrogens is 332 g/mol. The van der Waals surface area contributed by atoms with Crippen LogP contribution in [0.25, 0.3) is 0 Å². The molecule has 3 aliphatic heterocycles. The van der Waals surface area contributed by atoms with Crippen LogP contribution in [0.15, 0.2) is 30.6 Å². The Morgan fingerprint density at radius 3 is 2.73 bits per heavy atom. The van der Waals surface area contributed by atoms with Gasteiger partial charge in [0.25, 0.3) is 0 Å². The molecule has 136 valence electrons. The second kappa shape index (κ2) is 5.74. The third kappa shape index (κ3) is 2.38. The van der Waals surface area contributed by atoms with E-state index in [2.05, 4.69) is 14.5 Å².